The number of rotatable bonds is 5. The number of halogens is 1. The van der Waals surface area contributed by atoms with Crippen LogP contribution in [0.3, 0.4) is 0 Å². The highest BCUT2D eigenvalue weighted by molar-refractivity contribution is 6.09. The van der Waals surface area contributed by atoms with Crippen LogP contribution in [-0.4, -0.2) is 10.7 Å². The van der Waals surface area contributed by atoms with Crippen LogP contribution in [0.4, 0.5) is 10.1 Å². The second-order valence-corrected chi connectivity index (χ2v) is 5.46. The van der Waals surface area contributed by atoms with E-state index >= 15 is 0 Å². The Morgan fingerprint density at radius 1 is 1.00 bits per heavy atom. The van der Waals surface area contributed by atoms with Crippen molar-refractivity contribution in [2.45, 2.75) is 0 Å². The first-order valence-corrected chi connectivity index (χ1v) is 7.76. The van der Waals surface area contributed by atoms with Gasteiger partial charge in [0.2, 0.25) is 5.75 Å². The van der Waals surface area contributed by atoms with E-state index < -0.39 is 16.4 Å². The molecule has 0 aliphatic heterocycles. The summed E-state index contributed by atoms with van der Waals surface area (Å²) in [5.74, 6) is -1.53. The van der Waals surface area contributed by atoms with Gasteiger partial charge in [-0.25, -0.2) is 4.39 Å². The van der Waals surface area contributed by atoms with Gasteiger partial charge in [0.15, 0.2) is 5.78 Å². The van der Waals surface area contributed by atoms with E-state index in [1.165, 1.54) is 24.3 Å². The van der Waals surface area contributed by atoms with Gasteiger partial charge in [-0.1, -0.05) is 36.4 Å². The lowest BCUT2D eigenvalue weighted by atomic mass is 10.0. The second kappa shape index (κ2) is 7.45. The van der Waals surface area contributed by atoms with Crippen molar-refractivity contribution in [3.05, 3.63) is 99.4 Å². The van der Waals surface area contributed by atoms with Crippen LogP contribution in [0.2, 0.25) is 0 Å². The summed E-state index contributed by atoms with van der Waals surface area (Å²) in [7, 11) is 0. The minimum atomic E-state index is -0.798. The lowest BCUT2D eigenvalue weighted by Crippen LogP contribution is -2.03. The Hall–Kier alpha value is -4.05. The molecule has 0 fully saturated rings. The number of benzene rings is 3. The Labute approximate surface area is 153 Å². The van der Waals surface area contributed by atoms with Gasteiger partial charge < -0.3 is 4.74 Å². The number of nitriles is 1. The molecule has 0 heterocycles. The van der Waals surface area contributed by atoms with E-state index in [0.717, 1.165) is 12.1 Å². The molecule has 0 aliphatic rings. The van der Waals surface area contributed by atoms with Crippen molar-refractivity contribution >= 4 is 11.5 Å². The van der Waals surface area contributed by atoms with Gasteiger partial charge in [0.05, 0.1) is 4.92 Å². The van der Waals surface area contributed by atoms with Gasteiger partial charge in [0.25, 0.3) is 0 Å². The van der Waals surface area contributed by atoms with Crippen LogP contribution in [0.1, 0.15) is 21.5 Å². The number of nitro benzene ring substituents is 1. The van der Waals surface area contributed by atoms with Crippen molar-refractivity contribution in [2.75, 3.05) is 0 Å². The molecule has 0 radical (unpaired) electrons. The molecule has 0 spiro atoms. The Morgan fingerprint density at radius 2 is 1.74 bits per heavy atom. The fourth-order valence-electron chi connectivity index (χ4n) is 2.46. The quantitative estimate of drug-likeness (QED) is 0.375. The summed E-state index contributed by atoms with van der Waals surface area (Å²) in [6.45, 7) is 0. The van der Waals surface area contributed by atoms with Crippen molar-refractivity contribution in [3.63, 3.8) is 0 Å². The van der Waals surface area contributed by atoms with Gasteiger partial charge in [-0.2, -0.15) is 5.26 Å². The highest BCUT2D eigenvalue weighted by Crippen LogP contribution is 2.34. The molecule has 0 saturated heterocycles. The third-order valence-corrected chi connectivity index (χ3v) is 3.76. The highest BCUT2D eigenvalue weighted by atomic mass is 19.1. The van der Waals surface area contributed by atoms with Crippen LogP contribution < -0.4 is 4.74 Å². The van der Waals surface area contributed by atoms with E-state index in [-0.39, 0.29) is 28.4 Å². The number of hydrogen-bond donors (Lipinski definition) is 0. The summed E-state index contributed by atoms with van der Waals surface area (Å²) in [4.78, 5) is 23.2. The molecule has 0 amide bonds. The van der Waals surface area contributed by atoms with Gasteiger partial charge >= 0.3 is 5.69 Å². The number of hydrogen-bond acceptors (Lipinski definition) is 5. The zero-order valence-corrected chi connectivity index (χ0v) is 13.8. The number of nitrogens with zero attached hydrogens (tertiary/aromatic N) is 2. The second-order valence-electron chi connectivity index (χ2n) is 5.46. The molecule has 0 unspecified atom stereocenters. The molecule has 0 aromatic heterocycles. The summed E-state index contributed by atoms with van der Waals surface area (Å²) >= 11 is 0. The van der Waals surface area contributed by atoms with Crippen molar-refractivity contribution < 1.29 is 18.8 Å². The number of ether oxygens (including phenoxy) is 1. The van der Waals surface area contributed by atoms with Gasteiger partial charge in [-0.3, -0.25) is 14.9 Å². The van der Waals surface area contributed by atoms with Crippen LogP contribution in [0.25, 0.3) is 0 Å². The molecule has 3 aromatic carbocycles. The van der Waals surface area contributed by atoms with Crippen LogP contribution in [0, 0.1) is 27.3 Å². The van der Waals surface area contributed by atoms with E-state index in [1.54, 1.807) is 36.4 Å². The topological polar surface area (TPSA) is 93.2 Å². The minimum absolute atomic E-state index is 0.111. The van der Waals surface area contributed by atoms with Crippen LogP contribution in [0.15, 0.2) is 66.7 Å². The summed E-state index contributed by atoms with van der Waals surface area (Å²) in [5.41, 5.74) is -0.335. The van der Waals surface area contributed by atoms with E-state index in [1.807, 2.05) is 0 Å². The molecule has 0 bridgehead atoms. The molecular formula is C20H11FN2O4. The SMILES string of the molecule is N#Cc1c(F)cccc1Oc1ccc(C(=O)c2ccccc2)cc1[N+](=O)[O-]. The average molecular weight is 362 g/mol. The van der Waals surface area contributed by atoms with E-state index in [2.05, 4.69) is 0 Å². The zero-order valence-electron chi connectivity index (χ0n) is 13.8. The van der Waals surface area contributed by atoms with E-state index in [4.69, 9.17) is 10.00 Å². The van der Waals surface area contributed by atoms with E-state index in [0.29, 0.717) is 5.56 Å². The standard InChI is InChI=1S/C20H11FN2O4/c21-16-7-4-8-18(15(16)12-22)27-19-10-9-14(11-17(19)23(25)26)20(24)13-5-2-1-3-6-13/h1-11H. The van der Waals surface area contributed by atoms with Crippen molar-refractivity contribution in [2.24, 2.45) is 0 Å². The maximum atomic E-state index is 13.7. The van der Waals surface area contributed by atoms with Gasteiger partial charge in [0.1, 0.15) is 23.2 Å². The Balaban J connectivity index is 2.01. The number of ketones is 1. The molecule has 3 aromatic rings. The first-order valence-electron chi connectivity index (χ1n) is 7.76. The predicted octanol–water partition coefficient (Wildman–Crippen LogP) is 4.63. The summed E-state index contributed by atoms with van der Waals surface area (Å²) in [6.07, 6.45) is 0. The molecule has 3 rings (SSSR count). The van der Waals surface area contributed by atoms with E-state index in [9.17, 15) is 19.3 Å². The zero-order chi connectivity index (χ0) is 19.4. The fraction of sp³-hybridized carbons (Fsp3) is 0. The smallest absolute Gasteiger partial charge is 0.312 e. The molecule has 0 saturated carbocycles. The Bertz CT molecular complexity index is 1080. The molecule has 27 heavy (non-hydrogen) atoms. The van der Waals surface area contributed by atoms with Crippen molar-refractivity contribution in [3.8, 4) is 17.6 Å². The molecule has 7 heteroatoms. The summed E-state index contributed by atoms with van der Waals surface area (Å²) < 4.78 is 19.1. The first kappa shape index (κ1) is 17.8. The highest BCUT2D eigenvalue weighted by Gasteiger charge is 2.21. The Kier molecular flexibility index (Phi) is 4.90. The molecule has 0 N–H and O–H groups in total. The van der Waals surface area contributed by atoms with Gasteiger partial charge in [-0.15, -0.1) is 0 Å². The molecule has 132 valence electrons. The first-order chi connectivity index (χ1) is 13.0. The largest absolute Gasteiger partial charge is 0.449 e. The van der Waals surface area contributed by atoms with Crippen molar-refractivity contribution in [1.29, 1.82) is 5.26 Å². The monoisotopic (exact) mass is 362 g/mol. The number of carbonyl (C=O) groups is 1. The molecule has 6 nitrogen and oxygen atoms in total. The van der Waals surface area contributed by atoms with Crippen LogP contribution >= 0.6 is 0 Å². The maximum Gasteiger partial charge on any atom is 0.312 e. The van der Waals surface area contributed by atoms with Crippen LogP contribution in [-0.2, 0) is 0 Å². The normalized spacial score (nSPS) is 10.1. The average Bonchev–Trinajstić information content (AvgIpc) is 2.68. The number of carbonyl (C=O) groups excluding carboxylic acids is 1. The van der Waals surface area contributed by atoms with Crippen LogP contribution in [0.5, 0.6) is 11.5 Å². The molecule has 0 atom stereocenters. The molecule has 0 aliphatic carbocycles. The number of nitro groups is 1. The lowest BCUT2D eigenvalue weighted by molar-refractivity contribution is -0.385. The minimum Gasteiger partial charge on any atom is -0.449 e. The molecular weight excluding hydrogens is 351 g/mol. The fourth-order valence-corrected chi connectivity index (χ4v) is 2.46. The van der Waals surface area contributed by atoms with Crippen molar-refractivity contribution in [1.82, 2.24) is 0 Å². The predicted molar refractivity (Wildman–Crippen MR) is 94.2 cm³/mol. The third kappa shape index (κ3) is 3.65. The Morgan fingerprint density at radius 3 is 2.41 bits per heavy atom. The third-order valence-electron chi connectivity index (χ3n) is 3.76. The maximum absolute atomic E-state index is 13.7. The van der Waals surface area contributed by atoms with Gasteiger partial charge in [0, 0.05) is 17.2 Å². The van der Waals surface area contributed by atoms with Gasteiger partial charge in [-0.05, 0) is 24.3 Å². The summed E-state index contributed by atoms with van der Waals surface area (Å²) in [6, 6.07) is 17.4. The summed E-state index contributed by atoms with van der Waals surface area (Å²) in [5, 5.41) is 20.5. The lowest BCUT2D eigenvalue weighted by Gasteiger charge is -2.09.